The average molecular weight is 328 g/mol. The molecule has 1 amide bonds. The van der Waals surface area contributed by atoms with Crippen molar-refractivity contribution in [2.24, 2.45) is 0 Å². The third-order valence-corrected chi connectivity index (χ3v) is 5.39. The van der Waals surface area contributed by atoms with Gasteiger partial charge in [0.05, 0.1) is 11.7 Å². The van der Waals surface area contributed by atoms with Crippen LogP contribution in [0.25, 0.3) is 5.65 Å². The molecular weight excluding hydrogens is 304 g/mol. The molecule has 2 aliphatic rings. The summed E-state index contributed by atoms with van der Waals surface area (Å²) in [4.78, 5) is 16.6. The van der Waals surface area contributed by atoms with E-state index >= 15 is 0 Å². The molecule has 2 aromatic heterocycles. The first-order chi connectivity index (χ1) is 11.6. The molecule has 2 saturated heterocycles. The summed E-state index contributed by atoms with van der Waals surface area (Å²) in [7, 11) is 1.91. The van der Waals surface area contributed by atoms with Crippen molar-refractivity contribution >= 4 is 11.6 Å². The van der Waals surface area contributed by atoms with Crippen molar-refractivity contribution in [3.63, 3.8) is 0 Å². The molecule has 2 aliphatic heterocycles. The summed E-state index contributed by atoms with van der Waals surface area (Å²) in [5, 5.41) is 13.2. The Balaban J connectivity index is 1.47. The number of aryl methyl sites for hydroxylation is 1. The first-order valence-electron chi connectivity index (χ1n) is 8.81. The van der Waals surface area contributed by atoms with Gasteiger partial charge >= 0.3 is 0 Å². The second-order valence-corrected chi connectivity index (χ2v) is 7.03. The number of piperidine rings is 2. The highest BCUT2D eigenvalue weighted by Gasteiger charge is 2.34. The van der Waals surface area contributed by atoms with E-state index in [4.69, 9.17) is 0 Å². The lowest BCUT2D eigenvalue weighted by Crippen LogP contribution is -2.53. The van der Waals surface area contributed by atoms with Gasteiger partial charge in [0.25, 0.3) is 0 Å². The Kier molecular flexibility index (Phi) is 3.96. The van der Waals surface area contributed by atoms with Crippen LogP contribution in [0.15, 0.2) is 12.1 Å². The van der Waals surface area contributed by atoms with Gasteiger partial charge < -0.3 is 4.90 Å². The fourth-order valence-electron chi connectivity index (χ4n) is 3.97. The quantitative estimate of drug-likeness (QED) is 0.829. The van der Waals surface area contributed by atoms with Crippen LogP contribution in [-0.4, -0.2) is 68.2 Å². The largest absolute Gasteiger partial charge is 0.344 e. The SMILES string of the molecule is Cc1ccc2nnc(C3CCN(C4CCCN(C)C4=O)CC3)n2n1. The number of carbonyl (C=O) groups is 1. The first-order valence-corrected chi connectivity index (χ1v) is 8.81. The zero-order chi connectivity index (χ0) is 16.7. The zero-order valence-electron chi connectivity index (χ0n) is 14.4. The summed E-state index contributed by atoms with van der Waals surface area (Å²) in [5.74, 6) is 1.60. The van der Waals surface area contributed by atoms with E-state index in [9.17, 15) is 4.79 Å². The van der Waals surface area contributed by atoms with Crippen LogP contribution in [0.4, 0.5) is 0 Å². The Morgan fingerprint density at radius 2 is 1.88 bits per heavy atom. The molecule has 0 N–H and O–H groups in total. The molecule has 128 valence electrons. The summed E-state index contributed by atoms with van der Waals surface area (Å²) in [5.41, 5.74) is 1.78. The van der Waals surface area contributed by atoms with Gasteiger partial charge in [-0.05, 0) is 57.8 Å². The second kappa shape index (κ2) is 6.12. The van der Waals surface area contributed by atoms with E-state index in [-0.39, 0.29) is 11.9 Å². The topological polar surface area (TPSA) is 66.6 Å². The van der Waals surface area contributed by atoms with Crippen molar-refractivity contribution in [3.8, 4) is 0 Å². The maximum Gasteiger partial charge on any atom is 0.239 e. The summed E-state index contributed by atoms with van der Waals surface area (Å²) in [6.07, 6.45) is 4.10. The van der Waals surface area contributed by atoms with Crippen molar-refractivity contribution in [1.82, 2.24) is 29.6 Å². The number of likely N-dealkylation sites (tertiary alicyclic amines) is 2. The van der Waals surface area contributed by atoms with Crippen LogP contribution >= 0.6 is 0 Å². The molecule has 7 heteroatoms. The fraction of sp³-hybridized carbons (Fsp3) is 0.647. The monoisotopic (exact) mass is 328 g/mol. The first kappa shape index (κ1) is 15.5. The number of amides is 1. The van der Waals surface area contributed by atoms with Crippen LogP contribution in [-0.2, 0) is 4.79 Å². The van der Waals surface area contributed by atoms with E-state index in [1.165, 1.54) is 0 Å². The van der Waals surface area contributed by atoms with E-state index in [0.717, 1.165) is 62.5 Å². The number of nitrogens with zero attached hydrogens (tertiary/aromatic N) is 6. The summed E-state index contributed by atoms with van der Waals surface area (Å²) >= 11 is 0. The smallest absolute Gasteiger partial charge is 0.239 e. The Morgan fingerprint density at radius 3 is 2.67 bits per heavy atom. The molecule has 24 heavy (non-hydrogen) atoms. The summed E-state index contributed by atoms with van der Waals surface area (Å²) in [6, 6.07) is 3.99. The van der Waals surface area contributed by atoms with Gasteiger partial charge in [-0.2, -0.15) is 9.61 Å². The predicted octanol–water partition coefficient (Wildman–Crippen LogP) is 1.23. The van der Waals surface area contributed by atoms with E-state index in [1.54, 1.807) is 0 Å². The molecular formula is C17H24N6O. The Hall–Kier alpha value is -2.02. The molecule has 0 radical (unpaired) electrons. The van der Waals surface area contributed by atoms with Gasteiger partial charge in [-0.25, -0.2) is 0 Å². The molecule has 0 spiro atoms. The molecule has 0 aromatic carbocycles. The Bertz CT molecular complexity index is 749. The van der Waals surface area contributed by atoms with Crippen LogP contribution in [0, 0.1) is 6.92 Å². The minimum absolute atomic E-state index is 0.0696. The highest BCUT2D eigenvalue weighted by molar-refractivity contribution is 5.82. The Morgan fingerprint density at radius 1 is 1.08 bits per heavy atom. The number of fused-ring (bicyclic) bond motifs is 1. The lowest BCUT2D eigenvalue weighted by atomic mass is 9.93. The predicted molar refractivity (Wildman–Crippen MR) is 89.7 cm³/mol. The van der Waals surface area contributed by atoms with Crippen LogP contribution in [0.3, 0.4) is 0 Å². The molecule has 7 nitrogen and oxygen atoms in total. The van der Waals surface area contributed by atoms with Crippen molar-refractivity contribution in [3.05, 3.63) is 23.7 Å². The number of hydrogen-bond acceptors (Lipinski definition) is 5. The average Bonchev–Trinajstić information content (AvgIpc) is 3.00. The molecule has 2 aromatic rings. The third-order valence-electron chi connectivity index (χ3n) is 5.39. The molecule has 0 bridgehead atoms. The normalized spacial score (nSPS) is 24.0. The van der Waals surface area contributed by atoms with Gasteiger partial charge in [0.1, 0.15) is 0 Å². The van der Waals surface area contributed by atoms with Gasteiger partial charge in [0.2, 0.25) is 5.91 Å². The lowest BCUT2D eigenvalue weighted by Gasteiger charge is -2.40. The molecule has 4 rings (SSSR count). The van der Waals surface area contributed by atoms with Crippen molar-refractivity contribution in [2.45, 2.75) is 44.6 Å². The Labute approximate surface area is 141 Å². The van der Waals surface area contributed by atoms with Gasteiger partial charge in [-0.15, -0.1) is 10.2 Å². The van der Waals surface area contributed by atoms with Gasteiger partial charge in [-0.3, -0.25) is 9.69 Å². The summed E-state index contributed by atoms with van der Waals surface area (Å²) in [6.45, 7) is 4.75. The minimum Gasteiger partial charge on any atom is -0.344 e. The van der Waals surface area contributed by atoms with Gasteiger partial charge in [0.15, 0.2) is 11.5 Å². The maximum absolute atomic E-state index is 12.4. The number of likely N-dealkylation sites (N-methyl/N-ethyl adjacent to an activating group) is 1. The van der Waals surface area contributed by atoms with Crippen LogP contribution in [0.1, 0.15) is 43.1 Å². The van der Waals surface area contributed by atoms with Crippen molar-refractivity contribution < 1.29 is 4.79 Å². The maximum atomic E-state index is 12.4. The van der Waals surface area contributed by atoms with Gasteiger partial charge in [0, 0.05) is 19.5 Å². The highest BCUT2D eigenvalue weighted by atomic mass is 16.2. The summed E-state index contributed by atoms with van der Waals surface area (Å²) < 4.78 is 1.88. The number of carbonyl (C=O) groups excluding carboxylic acids is 1. The lowest BCUT2D eigenvalue weighted by molar-refractivity contribution is -0.139. The molecule has 1 unspecified atom stereocenters. The van der Waals surface area contributed by atoms with E-state index in [2.05, 4.69) is 20.2 Å². The molecule has 0 saturated carbocycles. The van der Waals surface area contributed by atoms with Crippen LogP contribution in [0.2, 0.25) is 0 Å². The van der Waals surface area contributed by atoms with E-state index in [0.29, 0.717) is 5.92 Å². The third kappa shape index (κ3) is 2.66. The molecule has 2 fully saturated rings. The van der Waals surface area contributed by atoms with Crippen LogP contribution in [0.5, 0.6) is 0 Å². The fourth-order valence-corrected chi connectivity index (χ4v) is 3.97. The standard InChI is InChI=1S/C17H24N6O/c1-12-5-6-15-18-19-16(23(15)20-12)13-7-10-22(11-8-13)14-4-3-9-21(2)17(14)24/h5-6,13-14H,3-4,7-11H2,1-2H3. The molecule has 0 aliphatic carbocycles. The van der Waals surface area contributed by atoms with Crippen molar-refractivity contribution in [1.29, 1.82) is 0 Å². The zero-order valence-corrected chi connectivity index (χ0v) is 14.4. The minimum atomic E-state index is 0.0696. The number of rotatable bonds is 2. The van der Waals surface area contributed by atoms with E-state index < -0.39 is 0 Å². The molecule has 1 atom stereocenters. The van der Waals surface area contributed by atoms with Crippen molar-refractivity contribution in [2.75, 3.05) is 26.7 Å². The van der Waals surface area contributed by atoms with Gasteiger partial charge in [-0.1, -0.05) is 0 Å². The second-order valence-electron chi connectivity index (χ2n) is 7.03. The van der Waals surface area contributed by atoms with E-state index in [1.807, 2.05) is 35.5 Å². The molecule has 4 heterocycles. The van der Waals surface area contributed by atoms with Crippen LogP contribution < -0.4 is 0 Å². The number of aromatic nitrogens is 4. The highest BCUT2D eigenvalue weighted by Crippen LogP contribution is 2.29. The number of hydrogen-bond donors (Lipinski definition) is 0.